The molecule has 1 heterocycles. The molecule has 1 aliphatic rings. The maximum atomic E-state index is 13.5. The molecule has 4 rings (SSSR count). The van der Waals surface area contributed by atoms with Crippen molar-refractivity contribution >= 4 is 28.8 Å². The minimum atomic E-state index is -0.849. The van der Waals surface area contributed by atoms with E-state index in [0.29, 0.717) is 28.3 Å². The van der Waals surface area contributed by atoms with Gasteiger partial charge in [-0.25, -0.2) is 0 Å². The molecule has 3 aromatic carbocycles. The van der Waals surface area contributed by atoms with Gasteiger partial charge in [-0.15, -0.1) is 0 Å². The van der Waals surface area contributed by atoms with Gasteiger partial charge in [-0.2, -0.15) is 0 Å². The van der Waals surface area contributed by atoms with Gasteiger partial charge in [0, 0.05) is 43.5 Å². The lowest BCUT2D eigenvalue weighted by Gasteiger charge is -2.26. The highest BCUT2D eigenvalue weighted by molar-refractivity contribution is 6.51. The van der Waals surface area contributed by atoms with E-state index < -0.39 is 17.7 Å². The van der Waals surface area contributed by atoms with Gasteiger partial charge in [0.2, 0.25) is 0 Å². The maximum Gasteiger partial charge on any atom is 0.300 e. The SMILES string of the molecule is COc1cc(OC)cc(N2C(=O)C(=O)/C(=C(/O)c3cc(C)ccc3C)C2c2ccc(N(C)C)cc2)c1. The molecule has 1 amide bonds. The first-order valence-corrected chi connectivity index (χ1v) is 11.5. The third kappa shape index (κ3) is 4.40. The van der Waals surface area contributed by atoms with Crippen LogP contribution < -0.4 is 19.3 Å². The highest BCUT2D eigenvalue weighted by Crippen LogP contribution is 2.44. The van der Waals surface area contributed by atoms with Gasteiger partial charge in [0.25, 0.3) is 11.7 Å². The van der Waals surface area contributed by atoms with Crippen LogP contribution in [0.1, 0.15) is 28.3 Å². The Hall–Kier alpha value is -4.26. The summed E-state index contributed by atoms with van der Waals surface area (Å²) in [5.74, 6) is -0.741. The Labute approximate surface area is 211 Å². The molecule has 7 nitrogen and oxygen atoms in total. The molecule has 0 radical (unpaired) electrons. The molecular weight excluding hydrogens is 456 g/mol. The second-order valence-electron chi connectivity index (χ2n) is 9.04. The molecule has 1 unspecified atom stereocenters. The van der Waals surface area contributed by atoms with Gasteiger partial charge in [-0.1, -0.05) is 29.8 Å². The lowest BCUT2D eigenvalue weighted by Crippen LogP contribution is -2.29. The Morgan fingerprint density at radius 1 is 0.889 bits per heavy atom. The fourth-order valence-electron chi connectivity index (χ4n) is 4.44. The average molecular weight is 487 g/mol. The zero-order valence-electron chi connectivity index (χ0n) is 21.3. The number of carbonyl (C=O) groups excluding carboxylic acids is 2. The highest BCUT2D eigenvalue weighted by atomic mass is 16.5. The second kappa shape index (κ2) is 9.77. The van der Waals surface area contributed by atoms with E-state index in [4.69, 9.17) is 9.47 Å². The molecule has 0 bridgehead atoms. The largest absolute Gasteiger partial charge is 0.507 e. The van der Waals surface area contributed by atoms with Crippen molar-refractivity contribution in [3.05, 3.63) is 88.5 Å². The predicted molar refractivity (Wildman–Crippen MR) is 141 cm³/mol. The number of methoxy groups -OCH3 is 2. The summed E-state index contributed by atoms with van der Waals surface area (Å²) in [5.41, 5.74) is 4.37. The Balaban J connectivity index is 1.99. The van der Waals surface area contributed by atoms with Crippen molar-refractivity contribution < 1.29 is 24.2 Å². The van der Waals surface area contributed by atoms with E-state index in [1.165, 1.54) is 19.1 Å². The number of benzene rings is 3. The molecule has 1 aliphatic heterocycles. The molecule has 0 spiro atoms. The summed E-state index contributed by atoms with van der Waals surface area (Å²) in [5, 5.41) is 11.5. The van der Waals surface area contributed by atoms with Gasteiger partial charge in [0.15, 0.2) is 0 Å². The zero-order chi connectivity index (χ0) is 26.1. The van der Waals surface area contributed by atoms with E-state index in [1.807, 2.05) is 75.3 Å². The molecule has 1 saturated heterocycles. The molecule has 36 heavy (non-hydrogen) atoms. The van der Waals surface area contributed by atoms with E-state index in [1.54, 1.807) is 18.2 Å². The zero-order valence-corrected chi connectivity index (χ0v) is 21.3. The molecule has 0 saturated carbocycles. The molecule has 1 atom stereocenters. The summed E-state index contributed by atoms with van der Waals surface area (Å²) in [7, 11) is 6.91. The normalized spacial score (nSPS) is 16.8. The van der Waals surface area contributed by atoms with Gasteiger partial charge in [-0.3, -0.25) is 14.5 Å². The van der Waals surface area contributed by atoms with Crippen molar-refractivity contribution in [3.8, 4) is 11.5 Å². The van der Waals surface area contributed by atoms with Crippen LogP contribution in [0.15, 0.2) is 66.2 Å². The number of aliphatic hydroxyl groups excluding tert-OH is 1. The topological polar surface area (TPSA) is 79.3 Å². The Kier molecular flexibility index (Phi) is 6.75. The average Bonchev–Trinajstić information content (AvgIpc) is 3.14. The van der Waals surface area contributed by atoms with Gasteiger partial charge in [0.05, 0.1) is 31.5 Å². The molecule has 0 aromatic heterocycles. The fourth-order valence-corrected chi connectivity index (χ4v) is 4.44. The van der Waals surface area contributed by atoms with E-state index in [-0.39, 0.29) is 11.3 Å². The number of Topliss-reactive ketones (excluding diaryl/α,β-unsaturated/α-hetero) is 1. The van der Waals surface area contributed by atoms with Crippen LogP contribution in [0.25, 0.3) is 5.76 Å². The second-order valence-corrected chi connectivity index (χ2v) is 9.04. The minimum Gasteiger partial charge on any atom is -0.507 e. The number of hydrogen-bond donors (Lipinski definition) is 1. The van der Waals surface area contributed by atoms with Crippen molar-refractivity contribution in [1.82, 2.24) is 0 Å². The van der Waals surface area contributed by atoms with E-state index >= 15 is 0 Å². The standard InChI is InChI=1S/C29H30N2O5/c1-17-7-8-18(2)24(13-17)27(32)25-26(19-9-11-20(12-10-19)30(3)4)31(29(34)28(25)33)21-14-22(35-5)16-23(15-21)36-6/h7-16,26,32H,1-6H3/b27-25+. The number of ketones is 1. The number of aryl methyl sites for hydroxylation is 2. The Morgan fingerprint density at radius 3 is 2.06 bits per heavy atom. The van der Waals surface area contributed by atoms with Gasteiger partial charge in [-0.05, 0) is 43.2 Å². The van der Waals surface area contributed by atoms with E-state index in [0.717, 1.165) is 16.8 Å². The monoisotopic (exact) mass is 486 g/mol. The first kappa shape index (κ1) is 24.9. The number of rotatable bonds is 6. The number of hydrogen-bond acceptors (Lipinski definition) is 6. The van der Waals surface area contributed by atoms with Gasteiger partial charge in [0.1, 0.15) is 17.3 Å². The van der Waals surface area contributed by atoms with Crippen molar-refractivity contribution in [2.45, 2.75) is 19.9 Å². The lowest BCUT2D eigenvalue weighted by molar-refractivity contribution is -0.132. The predicted octanol–water partition coefficient (Wildman–Crippen LogP) is 5.01. The summed E-state index contributed by atoms with van der Waals surface area (Å²) in [4.78, 5) is 30.4. The molecular formula is C29H30N2O5. The van der Waals surface area contributed by atoms with Crippen molar-refractivity contribution in [1.29, 1.82) is 0 Å². The third-order valence-electron chi connectivity index (χ3n) is 6.43. The summed E-state index contributed by atoms with van der Waals surface area (Å²) in [6.45, 7) is 3.77. The van der Waals surface area contributed by atoms with Crippen molar-refractivity contribution in [2.24, 2.45) is 0 Å². The van der Waals surface area contributed by atoms with Crippen LogP contribution in [0.5, 0.6) is 11.5 Å². The number of amides is 1. The third-order valence-corrected chi connectivity index (χ3v) is 6.43. The van der Waals surface area contributed by atoms with E-state index in [9.17, 15) is 14.7 Å². The quantitative estimate of drug-likeness (QED) is 0.300. The van der Waals surface area contributed by atoms with E-state index in [2.05, 4.69) is 0 Å². The van der Waals surface area contributed by atoms with Crippen LogP contribution in [0, 0.1) is 13.8 Å². The fraction of sp³-hybridized carbons (Fsp3) is 0.241. The van der Waals surface area contributed by atoms with Crippen LogP contribution >= 0.6 is 0 Å². The summed E-state index contributed by atoms with van der Waals surface area (Å²) in [6, 6.07) is 17.4. The number of ether oxygens (including phenoxy) is 2. The molecule has 1 N–H and O–H groups in total. The van der Waals surface area contributed by atoms with Crippen LogP contribution in [0.4, 0.5) is 11.4 Å². The number of carbonyl (C=O) groups is 2. The van der Waals surface area contributed by atoms with Crippen molar-refractivity contribution in [3.63, 3.8) is 0 Å². The van der Waals surface area contributed by atoms with Crippen molar-refractivity contribution in [2.75, 3.05) is 38.1 Å². The molecule has 1 fully saturated rings. The Morgan fingerprint density at radius 2 is 1.50 bits per heavy atom. The maximum absolute atomic E-state index is 13.5. The van der Waals surface area contributed by atoms with Crippen LogP contribution in [-0.2, 0) is 9.59 Å². The lowest BCUT2D eigenvalue weighted by atomic mass is 9.93. The smallest absolute Gasteiger partial charge is 0.300 e. The van der Waals surface area contributed by atoms with Gasteiger partial charge < -0.3 is 19.5 Å². The number of nitrogens with zero attached hydrogens (tertiary/aromatic N) is 2. The van der Waals surface area contributed by atoms with Crippen LogP contribution in [0.3, 0.4) is 0 Å². The molecule has 186 valence electrons. The van der Waals surface area contributed by atoms with Crippen LogP contribution in [-0.4, -0.2) is 45.1 Å². The highest BCUT2D eigenvalue weighted by Gasteiger charge is 2.47. The van der Waals surface area contributed by atoms with Gasteiger partial charge >= 0.3 is 0 Å². The molecule has 7 heteroatoms. The summed E-state index contributed by atoms with van der Waals surface area (Å²) >= 11 is 0. The molecule has 0 aliphatic carbocycles. The first-order valence-electron chi connectivity index (χ1n) is 11.5. The minimum absolute atomic E-state index is 0.0353. The number of anilines is 2. The molecule has 3 aromatic rings. The Bertz CT molecular complexity index is 1340. The summed E-state index contributed by atoms with van der Waals surface area (Å²) < 4.78 is 10.8. The summed E-state index contributed by atoms with van der Waals surface area (Å²) in [6.07, 6.45) is 0. The number of aliphatic hydroxyl groups is 1. The van der Waals surface area contributed by atoms with Crippen LogP contribution in [0.2, 0.25) is 0 Å². The first-order chi connectivity index (χ1) is 17.2.